The van der Waals surface area contributed by atoms with E-state index in [9.17, 15) is 4.39 Å². The molecule has 0 radical (unpaired) electrons. The molecule has 1 aromatic rings. The number of hydrogen-bond acceptors (Lipinski definition) is 0. The van der Waals surface area contributed by atoms with Crippen molar-refractivity contribution in [1.29, 1.82) is 0 Å². The quantitative estimate of drug-likeness (QED) is 0.696. The van der Waals surface area contributed by atoms with Gasteiger partial charge in [0.2, 0.25) is 0 Å². The van der Waals surface area contributed by atoms with E-state index in [1.165, 1.54) is 6.42 Å². The summed E-state index contributed by atoms with van der Waals surface area (Å²) in [6.07, 6.45) is 5.49. The van der Waals surface area contributed by atoms with Crippen molar-refractivity contribution in [3.8, 4) is 0 Å². The van der Waals surface area contributed by atoms with Crippen molar-refractivity contribution in [3.05, 3.63) is 34.9 Å². The minimum Gasteiger partial charge on any atom is -0.250 e. The van der Waals surface area contributed by atoms with E-state index in [-0.39, 0.29) is 12.1 Å². The molecule has 0 nitrogen and oxygen atoms in total. The normalized spacial score (nSPS) is 20.1. The molecule has 0 saturated heterocycles. The molecule has 1 fully saturated rings. The summed E-state index contributed by atoms with van der Waals surface area (Å²) in [7, 11) is 0. The maximum absolute atomic E-state index is 13.3. The number of alkyl halides is 1. The topological polar surface area (TPSA) is 0 Å². The number of rotatable bonds is 2. The Morgan fingerprint density at radius 3 is 2.20 bits per heavy atom. The van der Waals surface area contributed by atoms with E-state index in [1.807, 2.05) is 24.3 Å². The van der Waals surface area contributed by atoms with Gasteiger partial charge in [-0.25, -0.2) is 0 Å². The fraction of sp³-hybridized carbons (Fsp3) is 0.538. The molecule has 0 spiro atoms. The number of benzene rings is 1. The zero-order valence-corrected chi connectivity index (χ0v) is 9.56. The van der Waals surface area contributed by atoms with Crippen LogP contribution in [0.1, 0.15) is 37.7 Å². The summed E-state index contributed by atoms with van der Waals surface area (Å²) in [6, 6.07) is 7.69. The second kappa shape index (κ2) is 4.52. The van der Waals surface area contributed by atoms with Crippen molar-refractivity contribution < 1.29 is 4.39 Å². The second-order valence-electron chi connectivity index (χ2n) is 4.48. The van der Waals surface area contributed by atoms with Gasteiger partial charge < -0.3 is 0 Å². The third-order valence-electron chi connectivity index (χ3n) is 3.52. The lowest BCUT2D eigenvalue weighted by Crippen LogP contribution is -2.31. The SMILES string of the molecule is FCC1(c2ccc(Cl)cc2)CCCCC1. The second-order valence-corrected chi connectivity index (χ2v) is 4.92. The van der Waals surface area contributed by atoms with Crippen LogP contribution in [0.2, 0.25) is 5.02 Å². The molecule has 1 saturated carbocycles. The fourth-order valence-corrected chi connectivity index (χ4v) is 2.66. The van der Waals surface area contributed by atoms with Gasteiger partial charge in [-0.05, 0) is 30.5 Å². The third-order valence-corrected chi connectivity index (χ3v) is 3.78. The van der Waals surface area contributed by atoms with Crippen LogP contribution in [-0.4, -0.2) is 6.67 Å². The summed E-state index contributed by atoms with van der Waals surface area (Å²) >= 11 is 5.85. The Morgan fingerprint density at radius 2 is 1.67 bits per heavy atom. The first-order chi connectivity index (χ1) is 7.27. The van der Waals surface area contributed by atoms with Crippen LogP contribution in [0, 0.1) is 0 Å². The lowest BCUT2D eigenvalue weighted by molar-refractivity contribution is 0.226. The van der Waals surface area contributed by atoms with E-state index in [2.05, 4.69) is 0 Å². The molecule has 0 bridgehead atoms. The van der Waals surface area contributed by atoms with Gasteiger partial charge in [0.15, 0.2) is 0 Å². The Kier molecular flexibility index (Phi) is 3.30. The molecule has 2 heteroatoms. The zero-order chi connectivity index (χ0) is 10.7. The van der Waals surface area contributed by atoms with Crippen molar-refractivity contribution in [3.63, 3.8) is 0 Å². The van der Waals surface area contributed by atoms with Gasteiger partial charge in [0.05, 0.1) is 6.67 Å². The van der Waals surface area contributed by atoms with Crippen LogP contribution in [0.4, 0.5) is 4.39 Å². The highest BCUT2D eigenvalue weighted by atomic mass is 35.5. The van der Waals surface area contributed by atoms with E-state index in [1.54, 1.807) is 0 Å². The summed E-state index contributed by atoms with van der Waals surface area (Å²) in [5, 5.41) is 0.726. The average molecular weight is 227 g/mol. The van der Waals surface area contributed by atoms with Gasteiger partial charge in [0.1, 0.15) is 0 Å². The predicted molar refractivity (Wildman–Crippen MR) is 62.2 cm³/mol. The molecule has 1 aliphatic carbocycles. The highest BCUT2D eigenvalue weighted by Crippen LogP contribution is 2.40. The van der Waals surface area contributed by atoms with Crippen molar-refractivity contribution >= 4 is 11.6 Å². The average Bonchev–Trinajstić information content (AvgIpc) is 2.31. The van der Waals surface area contributed by atoms with Crippen LogP contribution in [0.25, 0.3) is 0 Å². The lowest BCUT2D eigenvalue weighted by Gasteiger charge is -2.35. The molecule has 0 heterocycles. The standard InChI is InChI=1S/C13H16ClF/c14-12-6-4-11(5-7-12)13(10-15)8-2-1-3-9-13/h4-7H,1-3,8-10H2. The number of halogens is 2. The Hall–Kier alpha value is -0.560. The van der Waals surface area contributed by atoms with Crippen LogP contribution in [-0.2, 0) is 5.41 Å². The molecule has 0 unspecified atom stereocenters. The maximum Gasteiger partial charge on any atom is 0.0990 e. The molecule has 0 aliphatic heterocycles. The highest BCUT2D eigenvalue weighted by molar-refractivity contribution is 6.30. The summed E-state index contributed by atoms with van der Waals surface area (Å²) in [5.41, 5.74) is 0.900. The maximum atomic E-state index is 13.3. The van der Waals surface area contributed by atoms with Crippen LogP contribution in [0.5, 0.6) is 0 Å². The molecular formula is C13H16ClF. The summed E-state index contributed by atoms with van der Waals surface area (Å²) < 4.78 is 13.3. The molecule has 0 N–H and O–H groups in total. The first-order valence-electron chi connectivity index (χ1n) is 5.59. The van der Waals surface area contributed by atoms with Gasteiger partial charge in [-0.3, -0.25) is 4.39 Å². The minimum atomic E-state index is -0.241. The summed E-state index contributed by atoms with van der Waals surface area (Å²) in [5.74, 6) is 0. The highest BCUT2D eigenvalue weighted by Gasteiger charge is 2.33. The molecule has 15 heavy (non-hydrogen) atoms. The van der Waals surface area contributed by atoms with Crippen molar-refractivity contribution in [2.75, 3.05) is 6.67 Å². The largest absolute Gasteiger partial charge is 0.250 e. The van der Waals surface area contributed by atoms with Crippen LogP contribution in [0.3, 0.4) is 0 Å². The lowest BCUT2D eigenvalue weighted by atomic mass is 9.70. The molecule has 82 valence electrons. The van der Waals surface area contributed by atoms with Crippen LogP contribution >= 0.6 is 11.6 Å². The summed E-state index contributed by atoms with van der Waals surface area (Å²) in [6.45, 7) is -0.241. The first-order valence-corrected chi connectivity index (χ1v) is 5.97. The molecule has 0 aromatic heterocycles. The van der Waals surface area contributed by atoms with Gasteiger partial charge in [-0.1, -0.05) is 43.0 Å². The summed E-state index contributed by atoms with van der Waals surface area (Å²) in [4.78, 5) is 0. The first kappa shape index (κ1) is 10.9. The molecule has 0 atom stereocenters. The Bertz CT molecular complexity index is 312. The molecular weight excluding hydrogens is 211 g/mol. The molecule has 1 aromatic carbocycles. The van der Waals surface area contributed by atoms with E-state index in [0.717, 1.165) is 36.3 Å². The van der Waals surface area contributed by atoms with Gasteiger partial charge >= 0.3 is 0 Å². The van der Waals surface area contributed by atoms with E-state index in [0.29, 0.717) is 0 Å². The van der Waals surface area contributed by atoms with Crippen LogP contribution in [0.15, 0.2) is 24.3 Å². The zero-order valence-electron chi connectivity index (χ0n) is 8.81. The molecule has 2 rings (SSSR count). The minimum absolute atomic E-state index is 0.219. The molecule has 0 amide bonds. The smallest absolute Gasteiger partial charge is 0.0990 e. The van der Waals surface area contributed by atoms with E-state index < -0.39 is 0 Å². The Balaban J connectivity index is 2.28. The fourth-order valence-electron chi connectivity index (χ4n) is 2.53. The Labute approximate surface area is 95.4 Å². The molecule has 1 aliphatic rings. The van der Waals surface area contributed by atoms with Crippen molar-refractivity contribution in [1.82, 2.24) is 0 Å². The van der Waals surface area contributed by atoms with Crippen molar-refractivity contribution in [2.45, 2.75) is 37.5 Å². The third kappa shape index (κ3) is 2.17. The van der Waals surface area contributed by atoms with Gasteiger partial charge in [-0.15, -0.1) is 0 Å². The van der Waals surface area contributed by atoms with Crippen molar-refractivity contribution in [2.24, 2.45) is 0 Å². The van der Waals surface area contributed by atoms with Gasteiger partial charge in [0, 0.05) is 10.4 Å². The van der Waals surface area contributed by atoms with E-state index >= 15 is 0 Å². The predicted octanol–water partition coefficient (Wildman–Crippen LogP) is 4.51. The Morgan fingerprint density at radius 1 is 1.07 bits per heavy atom. The number of hydrogen-bond donors (Lipinski definition) is 0. The van der Waals surface area contributed by atoms with Crippen LogP contribution < -0.4 is 0 Å². The van der Waals surface area contributed by atoms with Gasteiger partial charge in [0.25, 0.3) is 0 Å². The monoisotopic (exact) mass is 226 g/mol. The van der Waals surface area contributed by atoms with Gasteiger partial charge in [-0.2, -0.15) is 0 Å². The van der Waals surface area contributed by atoms with E-state index in [4.69, 9.17) is 11.6 Å².